The minimum atomic E-state index is -0.389. The summed E-state index contributed by atoms with van der Waals surface area (Å²) < 4.78 is 10.5. The highest BCUT2D eigenvalue weighted by atomic mass is 16.7. The molecule has 1 aromatic carbocycles. The van der Waals surface area contributed by atoms with Gasteiger partial charge in [-0.1, -0.05) is 19.3 Å². The van der Waals surface area contributed by atoms with Crippen LogP contribution in [-0.4, -0.2) is 17.8 Å². The van der Waals surface area contributed by atoms with Gasteiger partial charge in [-0.3, -0.25) is 10.1 Å². The van der Waals surface area contributed by atoms with Crippen molar-refractivity contribution in [2.24, 2.45) is 5.92 Å². The maximum Gasteiger partial charge on any atom is 0.296 e. The van der Waals surface area contributed by atoms with Gasteiger partial charge in [0.25, 0.3) is 5.69 Å². The summed E-state index contributed by atoms with van der Waals surface area (Å²) in [5.74, 6) is 1.76. The second kappa shape index (κ2) is 5.19. The molecule has 3 rings (SSSR count). The third-order valence-corrected chi connectivity index (χ3v) is 4.00. The van der Waals surface area contributed by atoms with Crippen LogP contribution in [-0.2, 0) is 0 Å². The quantitative estimate of drug-likeness (QED) is 0.660. The average Bonchev–Trinajstić information content (AvgIpc) is 2.80. The lowest BCUT2D eigenvalue weighted by Crippen LogP contribution is -2.23. The molecule has 0 aromatic heterocycles. The van der Waals surface area contributed by atoms with Crippen molar-refractivity contribution in [2.45, 2.75) is 38.6 Å². The number of rotatable bonds is 5. The standard InChI is InChI=1S/C14H18N2O4/c1-9(5-10-3-2-4-10)15-11-6-13-14(20-8-19-13)7-12(11)16(17)18/h6-7,9-10,15H,2-5,8H2,1H3. The fraction of sp³-hybridized carbons (Fsp3) is 0.571. The Hall–Kier alpha value is -1.98. The number of hydrogen-bond donors (Lipinski definition) is 1. The number of ether oxygens (including phenoxy) is 2. The van der Waals surface area contributed by atoms with E-state index in [1.54, 1.807) is 6.07 Å². The van der Waals surface area contributed by atoms with E-state index in [4.69, 9.17) is 9.47 Å². The minimum absolute atomic E-state index is 0.0368. The summed E-state index contributed by atoms with van der Waals surface area (Å²) in [5, 5.41) is 14.4. The predicted molar refractivity (Wildman–Crippen MR) is 74.3 cm³/mol. The van der Waals surface area contributed by atoms with E-state index in [1.165, 1.54) is 25.3 Å². The zero-order valence-corrected chi connectivity index (χ0v) is 11.4. The normalized spacial score (nSPS) is 18.4. The van der Waals surface area contributed by atoms with Crippen LogP contribution in [0.4, 0.5) is 11.4 Å². The van der Waals surface area contributed by atoms with Crippen LogP contribution in [0.2, 0.25) is 0 Å². The van der Waals surface area contributed by atoms with Crippen molar-refractivity contribution in [3.8, 4) is 11.5 Å². The number of hydrogen-bond acceptors (Lipinski definition) is 5. The molecule has 0 bridgehead atoms. The van der Waals surface area contributed by atoms with Crippen molar-refractivity contribution < 1.29 is 14.4 Å². The maximum absolute atomic E-state index is 11.2. The highest BCUT2D eigenvalue weighted by molar-refractivity contribution is 5.69. The van der Waals surface area contributed by atoms with E-state index in [-0.39, 0.29) is 23.4 Å². The van der Waals surface area contributed by atoms with Crippen LogP contribution in [0.25, 0.3) is 0 Å². The van der Waals surface area contributed by atoms with E-state index in [0.717, 1.165) is 12.3 Å². The Bertz CT molecular complexity index is 528. The lowest BCUT2D eigenvalue weighted by atomic mass is 9.81. The summed E-state index contributed by atoms with van der Waals surface area (Å²) in [6.07, 6.45) is 4.90. The van der Waals surface area contributed by atoms with Crippen LogP contribution in [0, 0.1) is 16.0 Å². The molecule has 1 unspecified atom stereocenters. The molecule has 0 radical (unpaired) electrons. The SMILES string of the molecule is CC(CC1CCC1)Nc1cc2c(cc1[N+](=O)[O-])OCO2. The highest BCUT2D eigenvalue weighted by Gasteiger charge is 2.25. The molecule has 1 atom stereocenters. The van der Waals surface area contributed by atoms with Crippen molar-refractivity contribution in [3.05, 3.63) is 22.2 Å². The Labute approximate surface area is 117 Å². The van der Waals surface area contributed by atoms with Crippen molar-refractivity contribution >= 4 is 11.4 Å². The molecule has 1 aromatic rings. The van der Waals surface area contributed by atoms with Crippen molar-refractivity contribution in [1.29, 1.82) is 0 Å². The van der Waals surface area contributed by atoms with E-state index in [0.29, 0.717) is 17.2 Å². The number of fused-ring (bicyclic) bond motifs is 1. The molecule has 2 aliphatic rings. The first-order chi connectivity index (χ1) is 9.63. The summed E-state index contributed by atoms with van der Waals surface area (Å²) in [6.45, 7) is 2.18. The Morgan fingerprint density at radius 2 is 2.10 bits per heavy atom. The maximum atomic E-state index is 11.2. The fourth-order valence-corrected chi connectivity index (χ4v) is 2.75. The molecule has 1 fully saturated rings. The van der Waals surface area contributed by atoms with Crippen LogP contribution in [0.3, 0.4) is 0 Å². The molecule has 1 aliphatic heterocycles. The lowest BCUT2D eigenvalue weighted by molar-refractivity contribution is -0.384. The monoisotopic (exact) mass is 278 g/mol. The summed E-state index contributed by atoms with van der Waals surface area (Å²) >= 11 is 0. The molecule has 6 nitrogen and oxygen atoms in total. The van der Waals surface area contributed by atoms with Crippen molar-refractivity contribution in [2.75, 3.05) is 12.1 Å². The summed E-state index contributed by atoms with van der Waals surface area (Å²) in [6, 6.07) is 3.30. The third-order valence-electron chi connectivity index (χ3n) is 4.00. The number of anilines is 1. The molecule has 0 saturated heterocycles. The first kappa shape index (κ1) is 13.0. The van der Waals surface area contributed by atoms with Gasteiger partial charge in [-0.05, 0) is 19.3 Å². The van der Waals surface area contributed by atoms with Gasteiger partial charge in [0, 0.05) is 12.1 Å². The van der Waals surface area contributed by atoms with Gasteiger partial charge in [-0.15, -0.1) is 0 Å². The van der Waals surface area contributed by atoms with Crippen molar-refractivity contribution in [3.63, 3.8) is 0 Å². The molecule has 1 N–H and O–H groups in total. The van der Waals surface area contributed by atoms with Crippen LogP contribution in [0.5, 0.6) is 11.5 Å². The number of nitrogens with one attached hydrogen (secondary N) is 1. The molecule has 20 heavy (non-hydrogen) atoms. The average molecular weight is 278 g/mol. The topological polar surface area (TPSA) is 73.6 Å². The number of nitro benzene ring substituents is 1. The Kier molecular flexibility index (Phi) is 3.38. The Morgan fingerprint density at radius 3 is 2.70 bits per heavy atom. The fourth-order valence-electron chi connectivity index (χ4n) is 2.75. The summed E-state index contributed by atoms with van der Waals surface area (Å²) in [4.78, 5) is 10.8. The molecule has 1 aliphatic carbocycles. The molecule has 0 amide bonds. The largest absolute Gasteiger partial charge is 0.454 e. The smallest absolute Gasteiger partial charge is 0.296 e. The van der Waals surface area contributed by atoms with Gasteiger partial charge in [-0.25, -0.2) is 0 Å². The lowest BCUT2D eigenvalue weighted by Gasteiger charge is -2.28. The van der Waals surface area contributed by atoms with E-state index in [1.807, 2.05) is 0 Å². The molecular formula is C14H18N2O4. The van der Waals surface area contributed by atoms with Crippen LogP contribution >= 0.6 is 0 Å². The third kappa shape index (κ3) is 2.50. The van der Waals surface area contributed by atoms with Gasteiger partial charge in [0.15, 0.2) is 11.5 Å². The van der Waals surface area contributed by atoms with E-state index >= 15 is 0 Å². The number of nitro groups is 1. The zero-order chi connectivity index (χ0) is 14.1. The van der Waals surface area contributed by atoms with Gasteiger partial charge in [-0.2, -0.15) is 0 Å². The Balaban J connectivity index is 1.78. The zero-order valence-electron chi connectivity index (χ0n) is 11.4. The van der Waals surface area contributed by atoms with Gasteiger partial charge in [0.1, 0.15) is 5.69 Å². The first-order valence-corrected chi connectivity index (χ1v) is 6.98. The van der Waals surface area contributed by atoms with Gasteiger partial charge in [0.05, 0.1) is 11.0 Å². The summed E-state index contributed by atoms with van der Waals surface area (Å²) in [5.41, 5.74) is 0.542. The van der Waals surface area contributed by atoms with Crippen LogP contribution in [0.1, 0.15) is 32.6 Å². The van der Waals surface area contributed by atoms with E-state index in [9.17, 15) is 10.1 Å². The molecule has 108 valence electrons. The Morgan fingerprint density at radius 1 is 1.40 bits per heavy atom. The highest BCUT2D eigenvalue weighted by Crippen LogP contribution is 2.41. The second-order valence-electron chi connectivity index (χ2n) is 5.56. The summed E-state index contributed by atoms with van der Waals surface area (Å²) in [7, 11) is 0. The minimum Gasteiger partial charge on any atom is -0.454 e. The van der Waals surface area contributed by atoms with Gasteiger partial charge < -0.3 is 14.8 Å². The predicted octanol–water partition coefficient (Wildman–Crippen LogP) is 3.31. The number of benzene rings is 1. The molecule has 0 spiro atoms. The van der Waals surface area contributed by atoms with Crippen LogP contribution in [0.15, 0.2) is 12.1 Å². The molecule has 1 heterocycles. The van der Waals surface area contributed by atoms with E-state index < -0.39 is 0 Å². The molecule has 6 heteroatoms. The van der Waals surface area contributed by atoms with Gasteiger partial charge >= 0.3 is 0 Å². The van der Waals surface area contributed by atoms with Gasteiger partial charge in [0.2, 0.25) is 6.79 Å². The second-order valence-corrected chi connectivity index (χ2v) is 5.56. The molecule has 1 saturated carbocycles. The van der Waals surface area contributed by atoms with E-state index in [2.05, 4.69) is 12.2 Å². The molecular weight excluding hydrogens is 260 g/mol. The number of nitrogens with zero attached hydrogens (tertiary/aromatic N) is 1. The van der Waals surface area contributed by atoms with Crippen molar-refractivity contribution in [1.82, 2.24) is 0 Å². The van der Waals surface area contributed by atoms with Crippen LogP contribution < -0.4 is 14.8 Å². The first-order valence-electron chi connectivity index (χ1n) is 6.98.